The summed E-state index contributed by atoms with van der Waals surface area (Å²) < 4.78 is 11.2. The molecule has 106 valence electrons. The maximum Gasteiger partial charge on any atom is 0.410 e. The van der Waals surface area contributed by atoms with Crippen molar-refractivity contribution < 1.29 is 14.3 Å². The molecule has 0 bridgehead atoms. The van der Waals surface area contributed by atoms with Gasteiger partial charge in [-0.2, -0.15) is 0 Å². The third-order valence-electron chi connectivity index (χ3n) is 3.13. The second-order valence-electron chi connectivity index (χ2n) is 6.27. The van der Waals surface area contributed by atoms with Gasteiger partial charge >= 0.3 is 6.09 Å². The van der Waals surface area contributed by atoms with E-state index in [1.807, 2.05) is 20.8 Å². The summed E-state index contributed by atoms with van der Waals surface area (Å²) >= 11 is 0. The highest BCUT2D eigenvalue weighted by Gasteiger charge is 2.34. The zero-order valence-corrected chi connectivity index (χ0v) is 12.4. The van der Waals surface area contributed by atoms with Gasteiger partial charge in [0.05, 0.1) is 5.60 Å². The molecule has 0 saturated carbocycles. The predicted octanol–water partition coefficient (Wildman–Crippen LogP) is 3.20. The van der Waals surface area contributed by atoms with Gasteiger partial charge in [-0.25, -0.2) is 4.79 Å². The maximum absolute atomic E-state index is 11.9. The number of carbonyl (C=O) groups excluding carboxylic acids is 1. The van der Waals surface area contributed by atoms with Crippen molar-refractivity contribution >= 4 is 6.09 Å². The van der Waals surface area contributed by atoms with Gasteiger partial charge < -0.3 is 14.4 Å². The van der Waals surface area contributed by atoms with E-state index in [9.17, 15) is 4.79 Å². The Balaban J connectivity index is 2.41. The van der Waals surface area contributed by atoms with Crippen molar-refractivity contribution in [1.82, 2.24) is 4.90 Å². The molecule has 0 spiro atoms. The second-order valence-corrected chi connectivity index (χ2v) is 6.27. The highest BCUT2D eigenvalue weighted by Crippen LogP contribution is 2.26. The summed E-state index contributed by atoms with van der Waals surface area (Å²) in [5.41, 5.74) is -0.495. The molecule has 1 saturated heterocycles. The quantitative estimate of drug-likeness (QED) is 0.779. The first kappa shape index (κ1) is 15.3. The Morgan fingerprint density at radius 2 is 1.83 bits per heavy atom. The van der Waals surface area contributed by atoms with E-state index in [1.165, 1.54) is 0 Å². The van der Waals surface area contributed by atoms with Crippen LogP contribution in [-0.4, -0.2) is 41.9 Å². The van der Waals surface area contributed by atoms with Crippen molar-refractivity contribution in [2.24, 2.45) is 0 Å². The largest absolute Gasteiger partial charge is 0.444 e. The number of nitrogens with zero attached hydrogens (tertiary/aromatic N) is 1. The Kier molecular flexibility index (Phi) is 5.02. The molecular weight excluding hydrogens is 230 g/mol. The van der Waals surface area contributed by atoms with E-state index in [2.05, 4.69) is 13.8 Å². The summed E-state index contributed by atoms with van der Waals surface area (Å²) in [6, 6.07) is 0. The van der Waals surface area contributed by atoms with E-state index in [0.29, 0.717) is 0 Å². The smallest absolute Gasteiger partial charge is 0.410 e. The molecule has 1 rings (SSSR count). The summed E-state index contributed by atoms with van der Waals surface area (Å²) in [4.78, 5) is 13.7. The van der Waals surface area contributed by atoms with Crippen LogP contribution in [0.25, 0.3) is 0 Å². The fourth-order valence-electron chi connectivity index (χ4n) is 1.98. The Morgan fingerprint density at radius 1 is 1.28 bits per heavy atom. The van der Waals surface area contributed by atoms with Gasteiger partial charge in [0.25, 0.3) is 0 Å². The van der Waals surface area contributed by atoms with E-state index in [1.54, 1.807) is 4.90 Å². The number of hydrogen-bond donors (Lipinski definition) is 0. The van der Waals surface area contributed by atoms with E-state index >= 15 is 0 Å². The second kappa shape index (κ2) is 5.91. The first-order valence-electron chi connectivity index (χ1n) is 6.88. The molecule has 1 aliphatic heterocycles. The molecule has 0 aliphatic carbocycles. The lowest BCUT2D eigenvalue weighted by Gasteiger charge is -2.39. The van der Waals surface area contributed by atoms with Gasteiger partial charge in [-0.15, -0.1) is 0 Å². The molecule has 4 nitrogen and oxygen atoms in total. The van der Waals surface area contributed by atoms with Gasteiger partial charge in [0.1, 0.15) is 5.60 Å². The average molecular weight is 257 g/mol. The van der Waals surface area contributed by atoms with Gasteiger partial charge in [-0.3, -0.25) is 0 Å². The molecule has 1 amide bonds. The summed E-state index contributed by atoms with van der Waals surface area (Å²) in [6.45, 7) is 12.2. The monoisotopic (exact) mass is 257 g/mol. The zero-order chi connectivity index (χ0) is 13.8. The van der Waals surface area contributed by atoms with Crippen LogP contribution in [0.4, 0.5) is 4.79 Å². The van der Waals surface area contributed by atoms with Crippen LogP contribution in [0.3, 0.4) is 0 Å². The minimum atomic E-state index is -0.420. The van der Waals surface area contributed by atoms with Gasteiger partial charge in [0, 0.05) is 19.7 Å². The van der Waals surface area contributed by atoms with Crippen LogP contribution in [0.15, 0.2) is 0 Å². The van der Waals surface area contributed by atoms with Crippen LogP contribution >= 0.6 is 0 Å². The van der Waals surface area contributed by atoms with Crippen molar-refractivity contribution in [2.45, 2.75) is 65.1 Å². The highest BCUT2D eigenvalue weighted by molar-refractivity contribution is 5.68. The molecule has 0 aromatic heterocycles. The van der Waals surface area contributed by atoms with Crippen molar-refractivity contribution in [1.29, 1.82) is 0 Å². The third-order valence-corrected chi connectivity index (χ3v) is 3.13. The first-order valence-corrected chi connectivity index (χ1v) is 6.88. The number of ether oxygens (including phenoxy) is 2. The molecule has 0 atom stereocenters. The Hall–Kier alpha value is -0.770. The fourth-order valence-corrected chi connectivity index (χ4v) is 1.98. The van der Waals surface area contributed by atoms with Crippen molar-refractivity contribution in [3.8, 4) is 0 Å². The average Bonchev–Trinajstić information content (AvgIpc) is 2.25. The summed E-state index contributed by atoms with van der Waals surface area (Å²) in [5.74, 6) is 0. The van der Waals surface area contributed by atoms with Crippen molar-refractivity contribution in [3.63, 3.8) is 0 Å². The lowest BCUT2D eigenvalue weighted by molar-refractivity contribution is -0.0721. The summed E-state index contributed by atoms with van der Waals surface area (Å²) in [5, 5.41) is 0. The van der Waals surface area contributed by atoms with Gasteiger partial charge in [-0.1, -0.05) is 6.92 Å². The third kappa shape index (κ3) is 4.84. The lowest BCUT2D eigenvalue weighted by Crippen LogP contribution is -2.48. The first-order chi connectivity index (χ1) is 8.26. The summed E-state index contributed by atoms with van der Waals surface area (Å²) in [6.07, 6.45) is 2.59. The highest BCUT2D eigenvalue weighted by atomic mass is 16.6. The van der Waals surface area contributed by atoms with Crippen LogP contribution < -0.4 is 0 Å². The minimum absolute atomic E-state index is 0.0749. The minimum Gasteiger partial charge on any atom is -0.444 e. The molecule has 0 radical (unpaired) electrons. The standard InChI is InChI=1S/C14H27NO3/c1-6-11-17-14(5)7-9-15(10-8-14)12(16)18-13(2,3)4/h6-11H2,1-5H3. The molecule has 0 aromatic carbocycles. The van der Waals surface area contributed by atoms with Crippen molar-refractivity contribution in [3.05, 3.63) is 0 Å². The molecule has 1 fully saturated rings. The molecule has 0 aromatic rings. The van der Waals surface area contributed by atoms with Crippen LogP contribution in [0, 0.1) is 0 Å². The predicted molar refractivity (Wildman–Crippen MR) is 71.7 cm³/mol. The Morgan fingerprint density at radius 3 is 2.28 bits per heavy atom. The molecule has 0 unspecified atom stereocenters. The molecular formula is C14H27NO3. The topological polar surface area (TPSA) is 38.8 Å². The zero-order valence-electron chi connectivity index (χ0n) is 12.4. The number of amides is 1. The van der Waals surface area contributed by atoms with E-state index in [-0.39, 0.29) is 11.7 Å². The van der Waals surface area contributed by atoms with Gasteiger partial charge in [0.2, 0.25) is 0 Å². The molecule has 1 heterocycles. The molecule has 18 heavy (non-hydrogen) atoms. The Labute approximate surface area is 111 Å². The summed E-state index contributed by atoms with van der Waals surface area (Å²) in [7, 11) is 0. The number of carbonyl (C=O) groups is 1. The SMILES string of the molecule is CCCOC1(C)CCN(C(=O)OC(C)(C)C)CC1. The van der Waals surface area contributed by atoms with Crippen molar-refractivity contribution in [2.75, 3.05) is 19.7 Å². The van der Waals surface area contributed by atoms with E-state index in [4.69, 9.17) is 9.47 Å². The number of likely N-dealkylation sites (tertiary alicyclic amines) is 1. The Bertz CT molecular complexity index is 275. The van der Waals surface area contributed by atoms with Crippen LogP contribution in [0.1, 0.15) is 53.9 Å². The molecule has 1 aliphatic rings. The van der Waals surface area contributed by atoms with E-state index in [0.717, 1.165) is 39.0 Å². The molecule has 0 N–H and O–H groups in total. The number of rotatable bonds is 3. The molecule has 4 heteroatoms. The van der Waals surface area contributed by atoms with Crippen LogP contribution in [0.2, 0.25) is 0 Å². The maximum atomic E-state index is 11.9. The fraction of sp³-hybridized carbons (Fsp3) is 0.929. The normalized spacial score (nSPS) is 19.7. The van der Waals surface area contributed by atoms with E-state index < -0.39 is 5.60 Å². The van der Waals surface area contributed by atoms with Crippen LogP contribution in [-0.2, 0) is 9.47 Å². The van der Waals surface area contributed by atoms with Crippen LogP contribution in [0.5, 0.6) is 0 Å². The van der Waals surface area contributed by atoms with Gasteiger partial charge in [-0.05, 0) is 47.0 Å². The van der Waals surface area contributed by atoms with Gasteiger partial charge in [0.15, 0.2) is 0 Å². The number of piperidine rings is 1. The number of hydrogen-bond acceptors (Lipinski definition) is 3. The lowest BCUT2D eigenvalue weighted by atomic mass is 9.93.